The van der Waals surface area contributed by atoms with Crippen molar-refractivity contribution in [3.8, 4) is 11.8 Å². The Kier molecular flexibility index (Phi) is 7.69. The summed E-state index contributed by atoms with van der Waals surface area (Å²) in [5, 5.41) is 8.44. The first-order valence-electron chi connectivity index (χ1n) is 5.15. The van der Waals surface area contributed by atoms with Gasteiger partial charge in [0, 0.05) is 0 Å². The molecule has 0 spiro atoms. The molecule has 0 aliphatic carbocycles. The van der Waals surface area contributed by atoms with Gasteiger partial charge in [-0.3, -0.25) is 4.90 Å². The molecule has 0 radical (unpaired) electrons. The largest absolute Gasteiger partial charge is 0.448 e. The maximum Gasteiger partial charge on any atom is 0.333 e. The van der Waals surface area contributed by atoms with Crippen LogP contribution in [0.4, 0.5) is 0 Å². The highest BCUT2D eigenvalue weighted by molar-refractivity contribution is 5.70. The van der Waals surface area contributed by atoms with E-state index in [2.05, 4.69) is 30.6 Å². The van der Waals surface area contributed by atoms with Gasteiger partial charge in [-0.05, 0) is 20.0 Å². The highest BCUT2D eigenvalue weighted by atomic mass is 16.6. The number of aliphatic hydroxyl groups is 1. The zero-order chi connectivity index (χ0) is 11.7. The van der Waals surface area contributed by atoms with Gasteiger partial charge in [-0.25, -0.2) is 4.79 Å². The van der Waals surface area contributed by atoms with Crippen LogP contribution >= 0.6 is 0 Å². The molecule has 0 rings (SSSR count). The SMILES string of the molecule is CCN(CC)CC#CC(C)OC(=O)CO. The minimum Gasteiger partial charge on any atom is -0.448 e. The van der Waals surface area contributed by atoms with Crippen molar-refractivity contribution in [3.63, 3.8) is 0 Å². The maximum absolute atomic E-state index is 10.7. The molecule has 0 saturated carbocycles. The molecule has 0 saturated heterocycles. The fourth-order valence-corrected chi connectivity index (χ4v) is 1.01. The first-order chi connectivity index (χ1) is 7.13. The van der Waals surface area contributed by atoms with Crippen LogP contribution in [0.1, 0.15) is 20.8 Å². The minimum absolute atomic E-state index is 0.458. The Labute approximate surface area is 91.2 Å². The van der Waals surface area contributed by atoms with Crippen LogP contribution < -0.4 is 0 Å². The normalized spacial score (nSPS) is 11.8. The van der Waals surface area contributed by atoms with E-state index in [1.807, 2.05) is 0 Å². The van der Waals surface area contributed by atoms with Crippen LogP contribution in [0.15, 0.2) is 0 Å². The van der Waals surface area contributed by atoms with Crippen molar-refractivity contribution in [2.24, 2.45) is 0 Å². The van der Waals surface area contributed by atoms with Crippen molar-refractivity contribution < 1.29 is 14.6 Å². The Morgan fingerprint density at radius 3 is 2.53 bits per heavy atom. The first kappa shape index (κ1) is 13.9. The lowest BCUT2D eigenvalue weighted by Crippen LogP contribution is -2.23. The van der Waals surface area contributed by atoms with E-state index in [1.165, 1.54) is 0 Å². The number of hydrogen-bond donors (Lipinski definition) is 1. The van der Waals surface area contributed by atoms with E-state index < -0.39 is 18.7 Å². The molecule has 86 valence electrons. The molecule has 0 bridgehead atoms. The third-order valence-electron chi connectivity index (χ3n) is 1.94. The van der Waals surface area contributed by atoms with E-state index in [0.717, 1.165) is 13.1 Å². The highest BCUT2D eigenvalue weighted by Gasteiger charge is 2.04. The Bertz CT molecular complexity index is 238. The predicted molar refractivity (Wildman–Crippen MR) is 58.2 cm³/mol. The third kappa shape index (κ3) is 6.95. The van der Waals surface area contributed by atoms with Gasteiger partial charge in [0.15, 0.2) is 6.10 Å². The van der Waals surface area contributed by atoms with Gasteiger partial charge in [0.05, 0.1) is 6.54 Å². The van der Waals surface area contributed by atoms with Gasteiger partial charge in [-0.1, -0.05) is 25.7 Å². The second-order valence-electron chi connectivity index (χ2n) is 3.07. The lowest BCUT2D eigenvalue weighted by atomic mass is 10.4. The predicted octanol–water partition coefficient (Wildman–Crippen LogP) is 0.256. The van der Waals surface area contributed by atoms with Gasteiger partial charge in [-0.2, -0.15) is 0 Å². The molecule has 0 amide bonds. The average Bonchev–Trinajstić information content (AvgIpc) is 2.24. The fourth-order valence-electron chi connectivity index (χ4n) is 1.01. The number of aliphatic hydroxyl groups excluding tert-OH is 1. The summed E-state index contributed by atoms with van der Waals surface area (Å²) in [4.78, 5) is 12.8. The number of rotatable bonds is 5. The molecule has 0 heterocycles. The summed E-state index contributed by atoms with van der Waals surface area (Å²) in [6.45, 7) is 7.81. The molecule has 0 aliphatic heterocycles. The Hall–Kier alpha value is -1.05. The van der Waals surface area contributed by atoms with E-state index >= 15 is 0 Å². The van der Waals surface area contributed by atoms with Crippen molar-refractivity contribution in [1.29, 1.82) is 0 Å². The van der Waals surface area contributed by atoms with E-state index in [-0.39, 0.29) is 0 Å². The number of ether oxygens (including phenoxy) is 1. The van der Waals surface area contributed by atoms with E-state index in [4.69, 9.17) is 9.84 Å². The van der Waals surface area contributed by atoms with Gasteiger partial charge in [-0.15, -0.1) is 0 Å². The number of esters is 1. The van der Waals surface area contributed by atoms with Crippen LogP contribution in [0.2, 0.25) is 0 Å². The molecule has 1 atom stereocenters. The summed E-state index contributed by atoms with van der Waals surface area (Å²) in [5.41, 5.74) is 0. The van der Waals surface area contributed by atoms with Crippen LogP contribution in [0.3, 0.4) is 0 Å². The molecule has 0 aromatic rings. The molecule has 0 aliphatic rings. The lowest BCUT2D eigenvalue weighted by molar-refractivity contribution is -0.149. The number of carbonyl (C=O) groups excluding carboxylic acids is 1. The highest BCUT2D eigenvalue weighted by Crippen LogP contribution is 1.89. The summed E-state index contributed by atoms with van der Waals surface area (Å²) >= 11 is 0. The molecule has 4 heteroatoms. The van der Waals surface area contributed by atoms with Crippen LogP contribution in [0.25, 0.3) is 0 Å². The third-order valence-corrected chi connectivity index (χ3v) is 1.94. The van der Waals surface area contributed by atoms with Crippen molar-refractivity contribution in [3.05, 3.63) is 0 Å². The number of nitrogens with zero attached hydrogens (tertiary/aromatic N) is 1. The smallest absolute Gasteiger partial charge is 0.333 e. The second-order valence-corrected chi connectivity index (χ2v) is 3.07. The van der Waals surface area contributed by atoms with Gasteiger partial charge < -0.3 is 9.84 Å². The number of hydrogen-bond acceptors (Lipinski definition) is 4. The van der Waals surface area contributed by atoms with Crippen molar-refractivity contribution in [2.75, 3.05) is 26.2 Å². The van der Waals surface area contributed by atoms with E-state index in [9.17, 15) is 4.79 Å². The maximum atomic E-state index is 10.7. The zero-order valence-corrected chi connectivity index (χ0v) is 9.62. The molecule has 4 nitrogen and oxygen atoms in total. The Balaban J connectivity index is 3.89. The van der Waals surface area contributed by atoms with Gasteiger partial charge in [0.2, 0.25) is 0 Å². The molecular weight excluding hydrogens is 194 g/mol. The van der Waals surface area contributed by atoms with Crippen molar-refractivity contribution in [1.82, 2.24) is 4.90 Å². The molecule has 0 aromatic heterocycles. The standard InChI is InChI=1S/C11H19NO3/c1-4-12(5-2)8-6-7-10(3)15-11(14)9-13/h10,13H,4-5,8-9H2,1-3H3. The van der Waals surface area contributed by atoms with Crippen LogP contribution in [-0.4, -0.2) is 48.3 Å². The molecule has 15 heavy (non-hydrogen) atoms. The minimum atomic E-state index is -0.639. The zero-order valence-electron chi connectivity index (χ0n) is 9.62. The van der Waals surface area contributed by atoms with E-state index in [0.29, 0.717) is 6.54 Å². The summed E-state index contributed by atoms with van der Waals surface area (Å²) in [6.07, 6.45) is -0.458. The second kappa shape index (κ2) is 8.27. The average molecular weight is 213 g/mol. The van der Waals surface area contributed by atoms with Crippen LogP contribution in [-0.2, 0) is 9.53 Å². The topological polar surface area (TPSA) is 49.8 Å². The first-order valence-corrected chi connectivity index (χ1v) is 5.15. The van der Waals surface area contributed by atoms with Crippen molar-refractivity contribution in [2.45, 2.75) is 26.9 Å². The summed E-state index contributed by atoms with van der Waals surface area (Å²) < 4.78 is 4.77. The van der Waals surface area contributed by atoms with E-state index in [1.54, 1.807) is 6.92 Å². The van der Waals surface area contributed by atoms with Crippen molar-refractivity contribution >= 4 is 5.97 Å². The summed E-state index contributed by atoms with van der Waals surface area (Å²) in [5.74, 6) is 5.10. The Morgan fingerprint density at radius 2 is 2.07 bits per heavy atom. The quantitative estimate of drug-likeness (QED) is 0.525. The molecule has 0 fully saturated rings. The monoisotopic (exact) mass is 213 g/mol. The molecule has 1 unspecified atom stereocenters. The molecular formula is C11H19NO3. The van der Waals surface area contributed by atoms with Crippen LogP contribution in [0, 0.1) is 11.8 Å². The Morgan fingerprint density at radius 1 is 1.47 bits per heavy atom. The lowest BCUT2D eigenvalue weighted by Gasteiger charge is -2.13. The summed E-state index contributed by atoms with van der Waals surface area (Å²) in [7, 11) is 0. The van der Waals surface area contributed by atoms with Gasteiger partial charge in [0.25, 0.3) is 0 Å². The fraction of sp³-hybridized carbons (Fsp3) is 0.727. The summed E-state index contributed by atoms with van der Waals surface area (Å²) in [6, 6.07) is 0. The van der Waals surface area contributed by atoms with Gasteiger partial charge >= 0.3 is 5.97 Å². The molecule has 1 N–H and O–H groups in total. The van der Waals surface area contributed by atoms with Gasteiger partial charge in [0.1, 0.15) is 6.61 Å². The number of carbonyl (C=O) groups is 1. The molecule has 0 aromatic carbocycles. The van der Waals surface area contributed by atoms with Crippen LogP contribution in [0.5, 0.6) is 0 Å².